The van der Waals surface area contributed by atoms with Crippen molar-refractivity contribution in [2.75, 3.05) is 13.1 Å². The average Bonchev–Trinajstić information content (AvgIpc) is 3.23. The molecule has 3 amide bonds. The predicted molar refractivity (Wildman–Crippen MR) is 98.9 cm³/mol. The molecule has 1 aromatic heterocycles. The van der Waals surface area contributed by atoms with Gasteiger partial charge in [-0.2, -0.15) is 0 Å². The van der Waals surface area contributed by atoms with Crippen LogP contribution in [0.2, 0.25) is 0 Å². The number of carbonyl (C=O) groups excluding carboxylic acids is 3. The highest BCUT2D eigenvalue weighted by molar-refractivity contribution is 8.18. The van der Waals surface area contributed by atoms with Crippen molar-refractivity contribution in [1.29, 1.82) is 0 Å². The zero-order chi connectivity index (χ0) is 19.2. The summed E-state index contributed by atoms with van der Waals surface area (Å²) < 4.78 is 15.1. The Balaban J connectivity index is 1.51. The van der Waals surface area contributed by atoms with Gasteiger partial charge in [0.25, 0.3) is 11.1 Å². The summed E-state index contributed by atoms with van der Waals surface area (Å²) in [6, 6.07) is 5.70. The quantitative estimate of drug-likeness (QED) is 0.581. The number of halogens is 1. The van der Waals surface area contributed by atoms with Gasteiger partial charge in [-0.25, -0.2) is 9.37 Å². The van der Waals surface area contributed by atoms with Crippen LogP contribution in [0.15, 0.2) is 47.9 Å². The summed E-state index contributed by atoms with van der Waals surface area (Å²) in [4.78, 5) is 41.4. The second-order valence-electron chi connectivity index (χ2n) is 5.83. The van der Waals surface area contributed by atoms with Crippen molar-refractivity contribution >= 4 is 34.9 Å². The van der Waals surface area contributed by atoms with Crippen LogP contribution in [0.1, 0.15) is 12.0 Å². The number of hydrogen-bond acceptors (Lipinski definition) is 5. The summed E-state index contributed by atoms with van der Waals surface area (Å²) >= 11 is 0.737. The van der Waals surface area contributed by atoms with Gasteiger partial charge in [0.2, 0.25) is 5.91 Å². The number of aromatic nitrogens is 2. The maximum atomic E-state index is 13.2. The minimum atomic E-state index is -0.553. The first-order valence-electron chi connectivity index (χ1n) is 8.26. The molecular weight excluding hydrogens is 371 g/mol. The Morgan fingerprint density at radius 3 is 2.93 bits per heavy atom. The third-order valence-corrected chi connectivity index (χ3v) is 4.70. The van der Waals surface area contributed by atoms with Crippen molar-refractivity contribution in [3.05, 3.63) is 59.3 Å². The van der Waals surface area contributed by atoms with Crippen LogP contribution in [-0.4, -0.2) is 44.6 Å². The summed E-state index contributed by atoms with van der Waals surface area (Å²) in [5.74, 6) is -1.39. The van der Waals surface area contributed by atoms with Crippen molar-refractivity contribution < 1.29 is 18.8 Å². The standard InChI is InChI=1S/C18H17FN4O3S/c19-14-4-1-3-13(9-14)10-15-17(25)23(18(26)27-15)11-16(24)21-5-2-7-22-8-6-20-12-22/h1,3-4,6,8-10,12H,2,5,7,11H2,(H,21,24)/b15-10-. The molecule has 140 valence electrons. The largest absolute Gasteiger partial charge is 0.354 e. The Morgan fingerprint density at radius 1 is 1.33 bits per heavy atom. The number of nitrogens with zero attached hydrogens (tertiary/aromatic N) is 3. The van der Waals surface area contributed by atoms with Crippen LogP contribution < -0.4 is 5.32 Å². The average molecular weight is 388 g/mol. The Labute approximate surface area is 159 Å². The fraction of sp³-hybridized carbons (Fsp3) is 0.222. The molecule has 1 N–H and O–H groups in total. The number of imide groups is 1. The SMILES string of the molecule is O=C(CN1C(=O)S/C(=C\c2cccc(F)c2)C1=O)NCCCn1ccnc1. The monoisotopic (exact) mass is 388 g/mol. The van der Waals surface area contributed by atoms with Gasteiger partial charge in [-0.15, -0.1) is 0 Å². The van der Waals surface area contributed by atoms with Gasteiger partial charge in [0.1, 0.15) is 12.4 Å². The van der Waals surface area contributed by atoms with E-state index in [0.29, 0.717) is 25.1 Å². The molecule has 0 atom stereocenters. The van der Waals surface area contributed by atoms with Crippen molar-refractivity contribution in [3.63, 3.8) is 0 Å². The van der Waals surface area contributed by atoms with E-state index in [-0.39, 0.29) is 11.4 Å². The van der Waals surface area contributed by atoms with Gasteiger partial charge in [0.05, 0.1) is 11.2 Å². The molecule has 0 bridgehead atoms. The first kappa shape index (κ1) is 18.8. The molecule has 1 aliphatic heterocycles. The van der Waals surface area contributed by atoms with Gasteiger partial charge in [-0.05, 0) is 42.0 Å². The van der Waals surface area contributed by atoms with Crippen LogP contribution in [0.5, 0.6) is 0 Å². The Hall–Kier alpha value is -2.94. The number of imidazole rings is 1. The fourth-order valence-corrected chi connectivity index (χ4v) is 3.33. The number of thioether (sulfide) groups is 1. The third-order valence-electron chi connectivity index (χ3n) is 3.80. The molecule has 27 heavy (non-hydrogen) atoms. The number of benzene rings is 1. The van der Waals surface area contributed by atoms with Gasteiger partial charge in [0, 0.05) is 25.5 Å². The molecule has 2 aromatic rings. The van der Waals surface area contributed by atoms with Crippen LogP contribution in [0.4, 0.5) is 9.18 Å². The number of nitrogens with one attached hydrogen (secondary N) is 1. The topological polar surface area (TPSA) is 84.3 Å². The third kappa shape index (κ3) is 5.04. The highest BCUT2D eigenvalue weighted by Gasteiger charge is 2.36. The lowest BCUT2D eigenvalue weighted by Gasteiger charge is -2.12. The summed E-state index contributed by atoms with van der Waals surface area (Å²) in [6.45, 7) is 0.792. The number of aryl methyl sites for hydroxylation is 1. The molecule has 7 nitrogen and oxygen atoms in total. The molecule has 0 spiro atoms. The molecule has 1 aliphatic rings. The lowest BCUT2D eigenvalue weighted by Crippen LogP contribution is -2.39. The predicted octanol–water partition coefficient (Wildman–Crippen LogP) is 2.27. The van der Waals surface area contributed by atoms with E-state index in [0.717, 1.165) is 16.7 Å². The molecule has 1 fully saturated rings. The van der Waals surface area contributed by atoms with Gasteiger partial charge >= 0.3 is 0 Å². The van der Waals surface area contributed by atoms with Crippen molar-refractivity contribution in [1.82, 2.24) is 19.8 Å². The van der Waals surface area contributed by atoms with Crippen LogP contribution in [0.25, 0.3) is 6.08 Å². The zero-order valence-corrected chi connectivity index (χ0v) is 15.1. The number of hydrogen-bond donors (Lipinski definition) is 1. The summed E-state index contributed by atoms with van der Waals surface area (Å²) in [7, 11) is 0. The van der Waals surface area contributed by atoms with E-state index in [9.17, 15) is 18.8 Å². The van der Waals surface area contributed by atoms with Gasteiger partial charge in [0.15, 0.2) is 0 Å². The normalized spacial score (nSPS) is 15.6. The summed E-state index contributed by atoms with van der Waals surface area (Å²) in [5, 5.41) is 2.17. The number of carbonyl (C=O) groups is 3. The fourth-order valence-electron chi connectivity index (χ4n) is 2.49. The Kier molecular flexibility index (Phi) is 6.02. The van der Waals surface area contributed by atoms with E-state index < -0.39 is 22.9 Å². The molecule has 2 heterocycles. The van der Waals surface area contributed by atoms with Crippen LogP contribution in [0, 0.1) is 5.82 Å². The van der Waals surface area contributed by atoms with E-state index >= 15 is 0 Å². The second-order valence-corrected chi connectivity index (χ2v) is 6.82. The molecule has 3 rings (SSSR count). The lowest BCUT2D eigenvalue weighted by molar-refractivity contribution is -0.129. The molecule has 0 unspecified atom stereocenters. The Morgan fingerprint density at radius 2 is 2.19 bits per heavy atom. The Bertz CT molecular complexity index is 882. The number of rotatable bonds is 7. The lowest BCUT2D eigenvalue weighted by atomic mass is 10.2. The molecule has 1 saturated heterocycles. The second kappa shape index (κ2) is 8.63. The first-order chi connectivity index (χ1) is 13.0. The smallest absolute Gasteiger partial charge is 0.294 e. The minimum Gasteiger partial charge on any atom is -0.354 e. The molecular formula is C18H17FN4O3S. The maximum Gasteiger partial charge on any atom is 0.294 e. The van der Waals surface area contributed by atoms with E-state index in [1.54, 1.807) is 18.6 Å². The van der Waals surface area contributed by atoms with E-state index in [1.165, 1.54) is 24.3 Å². The molecule has 9 heteroatoms. The highest BCUT2D eigenvalue weighted by atomic mass is 32.2. The van der Waals surface area contributed by atoms with Crippen molar-refractivity contribution in [2.24, 2.45) is 0 Å². The van der Waals surface area contributed by atoms with Gasteiger partial charge < -0.3 is 9.88 Å². The van der Waals surface area contributed by atoms with E-state index in [1.807, 2.05) is 10.8 Å². The van der Waals surface area contributed by atoms with Crippen LogP contribution in [-0.2, 0) is 16.1 Å². The van der Waals surface area contributed by atoms with Crippen molar-refractivity contribution in [3.8, 4) is 0 Å². The number of amides is 3. The zero-order valence-electron chi connectivity index (χ0n) is 14.3. The van der Waals surface area contributed by atoms with Crippen LogP contribution >= 0.6 is 11.8 Å². The van der Waals surface area contributed by atoms with Crippen molar-refractivity contribution in [2.45, 2.75) is 13.0 Å². The summed E-state index contributed by atoms with van der Waals surface area (Å²) in [5.41, 5.74) is 0.476. The summed E-state index contributed by atoms with van der Waals surface area (Å²) in [6.07, 6.45) is 7.33. The maximum absolute atomic E-state index is 13.2. The molecule has 0 saturated carbocycles. The van der Waals surface area contributed by atoms with E-state index in [4.69, 9.17) is 0 Å². The first-order valence-corrected chi connectivity index (χ1v) is 9.08. The molecule has 0 aliphatic carbocycles. The molecule has 0 radical (unpaired) electrons. The highest BCUT2D eigenvalue weighted by Crippen LogP contribution is 2.31. The van der Waals surface area contributed by atoms with Gasteiger partial charge in [-0.3, -0.25) is 19.3 Å². The molecule has 1 aromatic carbocycles. The van der Waals surface area contributed by atoms with Crippen LogP contribution in [0.3, 0.4) is 0 Å². The minimum absolute atomic E-state index is 0.165. The van der Waals surface area contributed by atoms with E-state index in [2.05, 4.69) is 10.3 Å². The van der Waals surface area contributed by atoms with Gasteiger partial charge in [-0.1, -0.05) is 12.1 Å².